The average molecular weight is 420 g/mol. The Labute approximate surface area is 179 Å². The second kappa shape index (κ2) is 9.26. The van der Waals surface area contributed by atoms with Gasteiger partial charge in [-0.2, -0.15) is 0 Å². The zero-order valence-electron chi connectivity index (χ0n) is 17.6. The predicted molar refractivity (Wildman–Crippen MR) is 116 cm³/mol. The summed E-state index contributed by atoms with van der Waals surface area (Å²) >= 11 is 6.68. The number of alkyl carbamates (subject to hydrolysis) is 1. The number of amides is 1. The van der Waals surface area contributed by atoms with Crippen LogP contribution < -0.4 is 5.32 Å². The maximum absolute atomic E-state index is 11.6. The first-order valence-electron chi connectivity index (χ1n) is 11.4. The number of cyclic esters (lactones) is 1. The highest BCUT2D eigenvalue weighted by Gasteiger charge is 2.43. The zero-order chi connectivity index (χ0) is 20.3. The lowest BCUT2D eigenvalue weighted by Gasteiger charge is -2.46. The van der Waals surface area contributed by atoms with E-state index in [9.17, 15) is 4.79 Å². The fraction of sp³-hybridized carbons (Fsp3) is 0.708. The molecule has 0 radical (unpaired) electrons. The SMILES string of the molecule is CCCCC1CC(Cl)CC2(CCc3cc([C@H]4CCCOC(=O)NC4)ccc3C2)O1. The van der Waals surface area contributed by atoms with Gasteiger partial charge in [0.25, 0.3) is 0 Å². The first-order chi connectivity index (χ1) is 14.1. The van der Waals surface area contributed by atoms with Gasteiger partial charge in [0.05, 0.1) is 18.3 Å². The summed E-state index contributed by atoms with van der Waals surface area (Å²) in [5.74, 6) is 0.362. The molecule has 160 valence electrons. The van der Waals surface area contributed by atoms with Gasteiger partial charge in [-0.15, -0.1) is 11.6 Å². The van der Waals surface area contributed by atoms with E-state index < -0.39 is 0 Å². The van der Waals surface area contributed by atoms with E-state index in [0.717, 1.165) is 51.4 Å². The fourth-order valence-electron chi connectivity index (χ4n) is 5.35. The molecule has 1 aliphatic carbocycles. The minimum absolute atomic E-state index is 0.0802. The normalized spacial score (nSPS) is 32.6. The molecule has 0 saturated carbocycles. The Morgan fingerprint density at radius 1 is 1.31 bits per heavy atom. The summed E-state index contributed by atoms with van der Waals surface area (Å²) in [4.78, 5) is 11.6. The minimum atomic E-state index is -0.294. The van der Waals surface area contributed by atoms with E-state index in [0.29, 0.717) is 25.2 Å². The van der Waals surface area contributed by atoms with Crippen molar-refractivity contribution in [2.24, 2.45) is 0 Å². The second-order valence-electron chi connectivity index (χ2n) is 9.16. The van der Waals surface area contributed by atoms with Gasteiger partial charge in [-0.1, -0.05) is 38.0 Å². The molecule has 2 fully saturated rings. The third kappa shape index (κ3) is 5.08. The molecular formula is C24H34ClNO3. The quantitative estimate of drug-likeness (QED) is 0.656. The molecule has 0 aromatic heterocycles. The molecule has 2 saturated heterocycles. The lowest BCUT2D eigenvalue weighted by molar-refractivity contribution is -0.135. The Kier molecular flexibility index (Phi) is 6.70. The molecule has 4 rings (SSSR count). The van der Waals surface area contributed by atoms with Gasteiger partial charge in [-0.05, 0) is 61.6 Å². The van der Waals surface area contributed by atoms with Crippen molar-refractivity contribution in [1.29, 1.82) is 0 Å². The van der Waals surface area contributed by atoms with Crippen LogP contribution in [0.4, 0.5) is 4.79 Å². The zero-order valence-corrected chi connectivity index (χ0v) is 18.3. The van der Waals surface area contributed by atoms with Gasteiger partial charge < -0.3 is 14.8 Å². The lowest BCUT2D eigenvalue weighted by Crippen LogP contribution is -2.48. The molecule has 1 N–H and O–H groups in total. The summed E-state index contributed by atoms with van der Waals surface area (Å²) < 4.78 is 11.8. The van der Waals surface area contributed by atoms with E-state index in [1.165, 1.54) is 29.5 Å². The Morgan fingerprint density at radius 3 is 3.07 bits per heavy atom. The number of aryl methyl sites for hydroxylation is 1. The van der Waals surface area contributed by atoms with E-state index in [1.54, 1.807) is 0 Å². The van der Waals surface area contributed by atoms with Crippen LogP contribution in [0.1, 0.15) is 80.9 Å². The fourth-order valence-corrected chi connectivity index (χ4v) is 5.83. The molecule has 5 heteroatoms. The summed E-state index contributed by atoms with van der Waals surface area (Å²) in [5, 5.41) is 3.12. The highest BCUT2D eigenvalue weighted by Crippen LogP contribution is 2.43. The summed E-state index contributed by atoms with van der Waals surface area (Å²) in [7, 11) is 0. The van der Waals surface area contributed by atoms with Crippen LogP contribution in [-0.2, 0) is 22.3 Å². The van der Waals surface area contributed by atoms with E-state index in [2.05, 4.69) is 30.4 Å². The molecule has 2 aliphatic heterocycles. The van der Waals surface area contributed by atoms with Gasteiger partial charge >= 0.3 is 6.09 Å². The Hall–Kier alpha value is -1.26. The van der Waals surface area contributed by atoms with Crippen molar-refractivity contribution in [3.8, 4) is 0 Å². The molecule has 4 nitrogen and oxygen atoms in total. The van der Waals surface area contributed by atoms with Gasteiger partial charge in [0, 0.05) is 24.3 Å². The number of hydrogen-bond donors (Lipinski definition) is 1. The largest absolute Gasteiger partial charge is 0.450 e. The monoisotopic (exact) mass is 419 g/mol. The molecule has 1 aromatic rings. The highest BCUT2D eigenvalue weighted by molar-refractivity contribution is 6.20. The van der Waals surface area contributed by atoms with Crippen molar-refractivity contribution >= 4 is 17.7 Å². The van der Waals surface area contributed by atoms with Gasteiger partial charge in [-0.3, -0.25) is 0 Å². The van der Waals surface area contributed by atoms with Crippen LogP contribution in [0, 0.1) is 0 Å². The van der Waals surface area contributed by atoms with Gasteiger partial charge in [-0.25, -0.2) is 4.79 Å². The highest BCUT2D eigenvalue weighted by atomic mass is 35.5. The van der Waals surface area contributed by atoms with Crippen LogP contribution in [0.15, 0.2) is 18.2 Å². The summed E-state index contributed by atoms with van der Waals surface area (Å²) in [6.45, 7) is 3.39. The van der Waals surface area contributed by atoms with Crippen LogP contribution in [0.25, 0.3) is 0 Å². The number of benzene rings is 1. The van der Waals surface area contributed by atoms with Gasteiger partial charge in [0.2, 0.25) is 0 Å². The van der Waals surface area contributed by atoms with Crippen molar-refractivity contribution in [1.82, 2.24) is 5.32 Å². The van der Waals surface area contributed by atoms with Gasteiger partial charge in [0.1, 0.15) is 0 Å². The van der Waals surface area contributed by atoms with E-state index >= 15 is 0 Å². The molecule has 4 atom stereocenters. The number of carbonyl (C=O) groups is 1. The molecule has 29 heavy (non-hydrogen) atoms. The average Bonchev–Trinajstić information content (AvgIpc) is 2.69. The number of hydrogen-bond acceptors (Lipinski definition) is 3. The Bertz CT molecular complexity index is 724. The van der Waals surface area contributed by atoms with Crippen molar-refractivity contribution in [3.63, 3.8) is 0 Å². The van der Waals surface area contributed by atoms with E-state index in [1.807, 2.05) is 0 Å². The first-order valence-corrected chi connectivity index (χ1v) is 11.8. The number of carbonyl (C=O) groups excluding carboxylic acids is 1. The maximum Gasteiger partial charge on any atom is 0.407 e. The van der Waals surface area contributed by atoms with Crippen LogP contribution in [0.2, 0.25) is 0 Å². The molecule has 1 aromatic carbocycles. The van der Waals surface area contributed by atoms with Crippen molar-refractivity contribution in [3.05, 3.63) is 34.9 Å². The van der Waals surface area contributed by atoms with Crippen LogP contribution in [0.3, 0.4) is 0 Å². The predicted octanol–water partition coefficient (Wildman–Crippen LogP) is 5.49. The smallest absolute Gasteiger partial charge is 0.407 e. The number of ether oxygens (including phenoxy) is 2. The van der Waals surface area contributed by atoms with Crippen molar-refractivity contribution in [2.75, 3.05) is 13.2 Å². The second-order valence-corrected chi connectivity index (χ2v) is 9.78. The maximum atomic E-state index is 11.6. The third-order valence-electron chi connectivity index (χ3n) is 6.90. The molecule has 2 heterocycles. The first kappa shape index (κ1) is 21.0. The number of unbranched alkanes of at least 4 members (excludes halogenated alkanes) is 1. The molecule has 1 amide bonds. The number of nitrogens with one attached hydrogen (secondary N) is 1. The molecule has 3 unspecified atom stereocenters. The van der Waals surface area contributed by atoms with Crippen LogP contribution in [-0.4, -0.2) is 36.3 Å². The summed E-state index contributed by atoms with van der Waals surface area (Å²) in [5.41, 5.74) is 4.12. The lowest BCUT2D eigenvalue weighted by atomic mass is 9.74. The van der Waals surface area contributed by atoms with Gasteiger partial charge in [0.15, 0.2) is 0 Å². The topological polar surface area (TPSA) is 47.6 Å². The molecule has 0 bridgehead atoms. The van der Waals surface area contributed by atoms with Crippen LogP contribution >= 0.6 is 11.6 Å². The molecule has 1 spiro atoms. The number of alkyl halides is 1. The summed E-state index contributed by atoms with van der Waals surface area (Å²) in [6.07, 6.45) is 10.6. The summed E-state index contributed by atoms with van der Waals surface area (Å²) in [6, 6.07) is 6.93. The Morgan fingerprint density at radius 2 is 2.21 bits per heavy atom. The number of halogens is 1. The molecule has 3 aliphatic rings. The number of rotatable bonds is 4. The van der Waals surface area contributed by atoms with E-state index in [4.69, 9.17) is 21.1 Å². The number of fused-ring (bicyclic) bond motifs is 1. The van der Waals surface area contributed by atoms with Crippen molar-refractivity contribution < 1.29 is 14.3 Å². The van der Waals surface area contributed by atoms with Crippen LogP contribution in [0.5, 0.6) is 0 Å². The van der Waals surface area contributed by atoms with Crippen molar-refractivity contribution in [2.45, 2.75) is 94.1 Å². The Balaban J connectivity index is 1.47. The standard InChI is InChI=1S/C24H34ClNO3/c1-2-3-6-22-13-21(25)15-24(29-22)10-9-18-12-17(7-8-19(18)14-24)20-5-4-11-28-23(27)26-16-20/h7-8,12,20-22H,2-6,9-11,13-16H2,1H3,(H,26,27)/t20-,21?,22?,24?/m0/s1. The third-order valence-corrected chi connectivity index (χ3v) is 7.23. The minimum Gasteiger partial charge on any atom is -0.450 e. The van der Waals surface area contributed by atoms with E-state index in [-0.39, 0.29) is 17.1 Å². The molecular weight excluding hydrogens is 386 g/mol.